The largest absolute Gasteiger partial charge is 0.497 e. The van der Waals surface area contributed by atoms with Crippen LogP contribution in [0.3, 0.4) is 0 Å². The van der Waals surface area contributed by atoms with Gasteiger partial charge in [0, 0.05) is 43.7 Å². The van der Waals surface area contributed by atoms with Crippen LogP contribution in [0.4, 0.5) is 0 Å². The second-order valence-corrected chi connectivity index (χ2v) is 9.29. The Hall–Kier alpha value is -2.70. The number of rotatable bonds is 6. The van der Waals surface area contributed by atoms with E-state index >= 15 is 0 Å². The molecule has 1 aromatic heterocycles. The molecule has 5 nitrogen and oxygen atoms in total. The van der Waals surface area contributed by atoms with Crippen LogP contribution < -0.4 is 4.74 Å². The molecule has 4 rings (SSSR count). The van der Waals surface area contributed by atoms with Gasteiger partial charge in [-0.25, -0.2) is 4.98 Å². The molecule has 0 bridgehead atoms. The summed E-state index contributed by atoms with van der Waals surface area (Å²) in [6.07, 6.45) is 0. The fourth-order valence-electron chi connectivity index (χ4n) is 3.98. The van der Waals surface area contributed by atoms with Crippen LogP contribution in [0.5, 0.6) is 5.75 Å². The molecule has 31 heavy (non-hydrogen) atoms. The van der Waals surface area contributed by atoms with E-state index in [0.717, 1.165) is 60.3 Å². The van der Waals surface area contributed by atoms with Crippen molar-refractivity contribution in [1.29, 1.82) is 0 Å². The van der Waals surface area contributed by atoms with Crippen molar-refractivity contribution >= 4 is 17.2 Å². The Morgan fingerprint density at radius 1 is 1.06 bits per heavy atom. The molecule has 3 aromatic rings. The van der Waals surface area contributed by atoms with E-state index in [1.165, 1.54) is 0 Å². The fraction of sp³-hybridized carbons (Fsp3) is 0.360. The van der Waals surface area contributed by atoms with Gasteiger partial charge < -0.3 is 9.64 Å². The third-order valence-corrected chi connectivity index (χ3v) is 6.88. The predicted octanol–water partition coefficient (Wildman–Crippen LogP) is 4.44. The molecule has 0 atom stereocenters. The molecule has 1 aliphatic rings. The summed E-state index contributed by atoms with van der Waals surface area (Å²) in [5, 5.41) is 3.14. The molecule has 0 N–H and O–H groups in total. The zero-order valence-corrected chi connectivity index (χ0v) is 19.2. The summed E-state index contributed by atoms with van der Waals surface area (Å²) >= 11 is 1.66. The Bertz CT molecular complexity index is 1020. The second-order valence-electron chi connectivity index (χ2n) is 8.44. The van der Waals surface area contributed by atoms with E-state index in [1.54, 1.807) is 18.4 Å². The van der Waals surface area contributed by atoms with Gasteiger partial charge in [0.15, 0.2) is 0 Å². The van der Waals surface area contributed by atoms with Crippen molar-refractivity contribution in [2.75, 3.05) is 33.3 Å². The van der Waals surface area contributed by atoms with Crippen LogP contribution in [0.2, 0.25) is 0 Å². The summed E-state index contributed by atoms with van der Waals surface area (Å²) in [7, 11) is 1.68. The van der Waals surface area contributed by atoms with Crippen LogP contribution in [0.1, 0.15) is 25.1 Å². The highest BCUT2D eigenvalue weighted by molar-refractivity contribution is 7.13. The number of carbonyl (C=O) groups is 1. The lowest BCUT2D eigenvalue weighted by molar-refractivity contribution is -0.138. The Labute approximate surface area is 188 Å². The van der Waals surface area contributed by atoms with Gasteiger partial charge in [0.05, 0.1) is 18.2 Å². The summed E-state index contributed by atoms with van der Waals surface area (Å²) in [6, 6.07) is 18.1. The van der Waals surface area contributed by atoms with Crippen LogP contribution in [-0.2, 0) is 16.8 Å². The quantitative estimate of drug-likeness (QED) is 0.574. The highest BCUT2D eigenvalue weighted by Crippen LogP contribution is 2.28. The third-order valence-electron chi connectivity index (χ3n) is 5.94. The molecule has 2 aromatic carbocycles. The van der Waals surface area contributed by atoms with Crippen LogP contribution in [-0.4, -0.2) is 54.0 Å². The van der Waals surface area contributed by atoms with Crippen molar-refractivity contribution in [3.63, 3.8) is 0 Å². The molecule has 162 valence electrons. The summed E-state index contributed by atoms with van der Waals surface area (Å²) < 4.78 is 5.32. The van der Waals surface area contributed by atoms with E-state index < -0.39 is 5.41 Å². The first-order chi connectivity index (χ1) is 15.0. The van der Waals surface area contributed by atoms with Gasteiger partial charge in [-0.05, 0) is 31.5 Å². The number of benzene rings is 2. The fourth-order valence-corrected chi connectivity index (χ4v) is 4.79. The normalized spacial score (nSPS) is 15.1. The standard InChI is InChI=1S/C25H29N3O2S/c1-25(2,20-9-5-4-6-10-20)24(29)28-14-12-27(13-15-28)17-21-18-31-23(26-21)19-8-7-11-22(16-19)30-3/h4-11,16,18H,12-15,17H2,1-3H3. The van der Waals surface area contributed by atoms with Gasteiger partial charge >= 0.3 is 0 Å². The number of piperazine rings is 1. The summed E-state index contributed by atoms with van der Waals surface area (Å²) in [6.45, 7) is 8.08. The molecular formula is C25H29N3O2S. The minimum absolute atomic E-state index is 0.201. The molecule has 6 heteroatoms. The van der Waals surface area contributed by atoms with Crippen molar-refractivity contribution in [2.45, 2.75) is 25.8 Å². The Morgan fingerprint density at radius 3 is 2.52 bits per heavy atom. The monoisotopic (exact) mass is 435 g/mol. The number of carbonyl (C=O) groups excluding carboxylic acids is 1. The first kappa shape index (κ1) is 21.5. The van der Waals surface area contributed by atoms with Crippen molar-refractivity contribution < 1.29 is 9.53 Å². The van der Waals surface area contributed by atoms with Gasteiger partial charge in [-0.1, -0.05) is 42.5 Å². The molecule has 1 saturated heterocycles. The molecule has 1 amide bonds. The van der Waals surface area contributed by atoms with Gasteiger partial charge in [-0.15, -0.1) is 11.3 Å². The first-order valence-corrected chi connectivity index (χ1v) is 11.5. The molecule has 1 fully saturated rings. The maximum absolute atomic E-state index is 13.2. The number of ether oxygens (including phenoxy) is 1. The van der Waals surface area contributed by atoms with Crippen molar-refractivity contribution in [3.05, 3.63) is 71.2 Å². The van der Waals surface area contributed by atoms with Gasteiger partial charge in [0.2, 0.25) is 5.91 Å². The van der Waals surface area contributed by atoms with Crippen molar-refractivity contribution in [1.82, 2.24) is 14.8 Å². The maximum atomic E-state index is 13.2. The zero-order chi connectivity index (χ0) is 21.8. The van der Waals surface area contributed by atoms with Gasteiger partial charge in [0.25, 0.3) is 0 Å². The molecule has 0 aliphatic carbocycles. The summed E-state index contributed by atoms with van der Waals surface area (Å²) in [5.74, 6) is 1.04. The van der Waals surface area contributed by atoms with Crippen LogP contribution in [0.25, 0.3) is 10.6 Å². The highest BCUT2D eigenvalue weighted by atomic mass is 32.1. The van der Waals surface area contributed by atoms with Gasteiger partial charge in [-0.2, -0.15) is 0 Å². The van der Waals surface area contributed by atoms with E-state index in [0.29, 0.717) is 0 Å². The lowest BCUT2D eigenvalue weighted by Gasteiger charge is -2.38. The van der Waals surface area contributed by atoms with E-state index in [-0.39, 0.29) is 5.91 Å². The number of hydrogen-bond donors (Lipinski definition) is 0. The maximum Gasteiger partial charge on any atom is 0.232 e. The lowest BCUT2D eigenvalue weighted by Crippen LogP contribution is -2.52. The van der Waals surface area contributed by atoms with E-state index in [4.69, 9.17) is 9.72 Å². The zero-order valence-electron chi connectivity index (χ0n) is 18.4. The van der Waals surface area contributed by atoms with E-state index in [1.807, 2.05) is 67.3 Å². The molecule has 0 spiro atoms. The third kappa shape index (κ3) is 4.81. The summed E-state index contributed by atoms with van der Waals surface area (Å²) in [5.41, 5.74) is 2.71. The molecule has 2 heterocycles. The number of thiazole rings is 1. The van der Waals surface area contributed by atoms with Gasteiger partial charge in [-0.3, -0.25) is 9.69 Å². The lowest BCUT2D eigenvalue weighted by atomic mass is 9.83. The SMILES string of the molecule is COc1cccc(-c2nc(CN3CCN(C(=O)C(C)(C)c4ccccc4)CC3)cs2)c1. The molecule has 0 saturated carbocycles. The van der Waals surface area contributed by atoms with Crippen LogP contribution >= 0.6 is 11.3 Å². The predicted molar refractivity (Wildman–Crippen MR) is 125 cm³/mol. The smallest absolute Gasteiger partial charge is 0.232 e. The topological polar surface area (TPSA) is 45.7 Å². The minimum Gasteiger partial charge on any atom is -0.497 e. The second kappa shape index (κ2) is 9.20. The summed E-state index contributed by atoms with van der Waals surface area (Å²) in [4.78, 5) is 22.4. The Kier molecular flexibility index (Phi) is 6.39. The van der Waals surface area contributed by atoms with E-state index in [9.17, 15) is 4.79 Å². The first-order valence-electron chi connectivity index (χ1n) is 10.6. The average molecular weight is 436 g/mol. The van der Waals surface area contributed by atoms with Crippen molar-refractivity contribution in [3.8, 4) is 16.3 Å². The molecular weight excluding hydrogens is 406 g/mol. The van der Waals surface area contributed by atoms with Crippen LogP contribution in [0.15, 0.2) is 60.0 Å². The van der Waals surface area contributed by atoms with E-state index in [2.05, 4.69) is 16.3 Å². The van der Waals surface area contributed by atoms with Gasteiger partial charge in [0.1, 0.15) is 10.8 Å². The number of hydrogen-bond acceptors (Lipinski definition) is 5. The van der Waals surface area contributed by atoms with Crippen molar-refractivity contribution in [2.24, 2.45) is 0 Å². The number of methoxy groups -OCH3 is 1. The average Bonchev–Trinajstić information content (AvgIpc) is 3.28. The number of amides is 1. The minimum atomic E-state index is -0.510. The Morgan fingerprint density at radius 2 is 1.81 bits per heavy atom. The van der Waals surface area contributed by atoms with Crippen LogP contribution in [0, 0.1) is 0 Å². The molecule has 1 aliphatic heterocycles. The number of nitrogens with zero attached hydrogens (tertiary/aromatic N) is 3. The highest BCUT2D eigenvalue weighted by Gasteiger charge is 2.35. The Balaban J connectivity index is 1.34. The molecule has 0 unspecified atom stereocenters. The number of aromatic nitrogens is 1. The molecule has 0 radical (unpaired) electrons.